The number of esters is 1. The highest BCUT2D eigenvalue weighted by Gasteiger charge is 2.34. The molecule has 0 aliphatic carbocycles. The number of methoxy groups -OCH3 is 2. The van der Waals surface area contributed by atoms with Gasteiger partial charge in [-0.3, -0.25) is 14.4 Å². The van der Waals surface area contributed by atoms with E-state index in [2.05, 4.69) is 10.1 Å². The molecular weight excluding hydrogens is 300 g/mol. The zero-order chi connectivity index (χ0) is 16.8. The fourth-order valence-corrected chi connectivity index (χ4v) is 2.52. The molecule has 7 nitrogen and oxygen atoms in total. The second-order valence-corrected chi connectivity index (χ2v) is 5.20. The summed E-state index contributed by atoms with van der Waals surface area (Å²) in [7, 11) is 2.81. The molecule has 0 saturated carbocycles. The first-order chi connectivity index (χ1) is 11.0. The normalized spacial score (nSPS) is 17.4. The van der Waals surface area contributed by atoms with Gasteiger partial charge in [-0.2, -0.15) is 0 Å². The monoisotopic (exact) mass is 320 g/mol. The Morgan fingerprint density at radius 1 is 1.35 bits per heavy atom. The first kappa shape index (κ1) is 16.8. The number of piperazine rings is 1. The van der Waals surface area contributed by atoms with Gasteiger partial charge in [-0.15, -0.1) is 0 Å². The lowest BCUT2D eigenvalue weighted by Gasteiger charge is -2.34. The molecule has 2 rings (SSSR count). The van der Waals surface area contributed by atoms with Gasteiger partial charge in [0.1, 0.15) is 11.8 Å². The summed E-state index contributed by atoms with van der Waals surface area (Å²) in [5.41, 5.74) is 0.789. The van der Waals surface area contributed by atoms with Crippen LogP contribution >= 0.6 is 0 Å². The van der Waals surface area contributed by atoms with Crippen LogP contribution in [-0.2, 0) is 25.5 Å². The Labute approximate surface area is 134 Å². The van der Waals surface area contributed by atoms with Crippen molar-refractivity contribution in [3.05, 3.63) is 29.8 Å². The SMILES string of the molecule is COC(=O)CC1C(=O)NCCN1C(=O)Cc1cccc(OC)c1. The number of carbonyl (C=O) groups is 3. The van der Waals surface area contributed by atoms with Gasteiger partial charge < -0.3 is 19.7 Å². The van der Waals surface area contributed by atoms with Crippen molar-refractivity contribution in [2.24, 2.45) is 0 Å². The largest absolute Gasteiger partial charge is 0.497 e. The molecule has 23 heavy (non-hydrogen) atoms. The Balaban J connectivity index is 2.11. The minimum Gasteiger partial charge on any atom is -0.497 e. The van der Waals surface area contributed by atoms with Crippen LogP contribution in [0.5, 0.6) is 5.75 Å². The molecule has 1 N–H and O–H groups in total. The number of nitrogens with one attached hydrogen (secondary N) is 1. The second kappa shape index (κ2) is 7.62. The van der Waals surface area contributed by atoms with E-state index in [1.807, 2.05) is 6.07 Å². The quantitative estimate of drug-likeness (QED) is 0.780. The highest BCUT2D eigenvalue weighted by molar-refractivity contribution is 5.92. The van der Waals surface area contributed by atoms with Gasteiger partial charge in [0, 0.05) is 13.1 Å². The highest BCUT2D eigenvalue weighted by atomic mass is 16.5. The number of hydrogen-bond acceptors (Lipinski definition) is 5. The lowest BCUT2D eigenvalue weighted by molar-refractivity contribution is -0.150. The van der Waals surface area contributed by atoms with Crippen LogP contribution in [0, 0.1) is 0 Å². The molecule has 1 unspecified atom stereocenters. The third-order valence-corrected chi connectivity index (χ3v) is 3.73. The topological polar surface area (TPSA) is 84.9 Å². The molecule has 1 saturated heterocycles. The molecule has 1 fully saturated rings. The van der Waals surface area contributed by atoms with Crippen LogP contribution < -0.4 is 10.1 Å². The van der Waals surface area contributed by atoms with Gasteiger partial charge in [0.15, 0.2) is 0 Å². The van der Waals surface area contributed by atoms with E-state index in [1.54, 1.807) is 25.3 Å². The number of nitrogens with zero attached hydrogens (tertiary/aromatic N) is 1. The van der Waals surface area contributed by atoms with Crippen LogP contribution in [0.4, 0.5) is 0 Å². The van der Waals surface area contributed by atoms with Gasteiger partial charge in [0.05, 0.1) is 27.1 Å². The molecule has 0 spiro atoms. The van der Waals surface area contributed by atoms with Gasteiger partial charge in [-0.05, 0) is 17.7 Å². The Bertz CT molecular complexity index is 602. The number of amides is 2. The average molecular weight is 320 g/mol. The maximum Gasteiger partial charge on any atom is 0.308 e. The summed E-state index contributed by atoms with van der Waals surface area (Å²) in [6, 6.07) is 6.37. The lowest BCUT2D eigenvalue weighted by atomic mass is 10.1. The number of hydrogen-bond donors (Lipinski definition) is 1. The van der Waals surface area contributed by atoms with Crippen LogP contribution in [-0.4, -0.2) is 56.0 Å². The molecule has 1 heterocycles. The van der Waals surface area contributed by atoms with Crippen molar-refractivity contribution in [2.75, 3.05) is 27.3 Å². The fraction of sp³-hybridized carbons (Fsp3) is 0.438. The van der Waals surface area contributed by atoms with Crippen molar-refractivity contribution in [3.63, 3.8) is 0 Å². The van der Waals surface area contributed by atoms with Gasteiger partial charge in [-0.1, -0.05) is 12.1 Å². The van der Waals surface area contributed by atoms with E-state index in [4.69, 9.17) is 4.74 Å². The summed E-state index contributed by atoms with van der Waals surface area (Å²) in [6.07, 6.45) is -0.00562. The van der Waals surface area contributed by atoms with Crippen molar-refractivity contribution in [1.29, 1.82) is 0 Å². The molecule has 2 amide bonds. The fourth-order valence-electron chi connectivity index (χ4n) is 2.52. The summed E-state index contributed by atoms with van der Waals surface area (Å²) in [4.78, 5) is 37.4. The molecule has 1 aliphatic rings. The van der Waals surface area contributed by atoms with Gasteiger partial charge >= 0.3 is 5.97 Å². The zero-order valence-electron chi connectivity index (χ0n) is 13.2. The molecule has 0 aromatic heterocycles. The van der Waals surface area contributed by atoms with Crippen molar-refractivity contribution in [1.82, 2.24) is 10.2 Å². The predicted molar refractivity (Wildman–Crippen MR) is 81.8 cm³/mol. The van der Waals surface area contributed by atoms with Crippen LogP contribution in [0.25, 0.3) is 0 Å². The van der Waals surface area contributed by atoms with E-state index in [1.165, 1.54) is 12.0 Å². The Kier molecular flexibility index (Phi) is 5.56. The zero-order valence-corrected chi connectivity index (χ0v) is 13.2. The molecule has 1 aliphatic heterocycles. The molecule has 0 radical (unpaired) electrons. The molecule has 1 aromatic rings. The van der Waals surface area contributed by atoms with Crippen LogP contribution in [0.2, 0.25) is 0 Å². The number of benzene rings is 1. The maximum atomic E-state index is 12.5. The smallest absolute Gasteiger partial charge is 0.308 e. The van der Waals surface area contributed by atoms with Crippen molar-refractivity contribution in [2.45, 2.75) is 18.9 Å². The van der Waals surface area contributed by atoms with Crippen LogP contribution in [0.3, 0.4) is 0 Å². The van der Waals surface area contributed by atoms with Gasteiger partial charge in [0.2, 0.25) is 11.8 Å². The third-order valence-electron chi connectivity index (χ3n) is 3.73. The van der Waals surface area contributed by atoms with Gasteiger partial charge in [-0.25, -0.2) is 0 Å². The number of ether oxygens (including phenoxy) is 2. The third kappa shape index (κ3) is 4.21. The van der Waals surface area contributed by atoms with E-state index in [0.717, 1.165) is 5.56 Å². The first-order valence-electron chi connectivity index (χ1n) is 7.32. The van der Waals surface area contributed by atoms with Crippen LogP contribution in [0.1, 0.15) is 12.0 Å². The van der Waals surface area contributed by atoms with E-state index < -0.39 is 12.0 Å². The molecular formula is C16H20N2O5. The van der Waals surface area contributed by atoms with Crippen LogP contribution in [0.15, 0.2) is 24.3 Å². The first-order valence-corrected chi connectivity index (χ1v) is 7.32. The Morgan fingerprint density at radius 3 is 2.83 bits per heavy atom. The summed E-state index contributed by atoms with van der Waals surface area (Å²) < 4.78 is 9.74. The summed E-state index contributed by atoms with van der Waals surface area (Å²) >= 11 is 0. The predicted octanol–water partition coefficient (Wildman–Crippen LogP) is 0.128. The minimum absolute atomic E-state index is 0.141. The number of carbonyl (C=O) groups excluding carboxylic acids is 3. The van der Waals surface area contributed by atoms with E-state index in [-0.39, 0.29) is 24.7 Å². The molecule has 124 valence electrons. The van der Waals surface area contributed by atoms with Crippen molar-refractivity contribution in [3.8, 4) is 5.75 Å². The average Bonchev–Trinajstić information content (AvgIpc) is 2.56. The molecule has 1 atom stereocenters. The van der Waals surface area contributed by atoms with Gasteiger partial charge in [0.25, 0.3) is 0 Å². The second-order valence-electron chi connectivity index (χ2n) is 5.20. The summed E-state index contributed by atoms with van der Waals surface area (Å²) in [5, 5.41) is 2.67. The van der Waals surface area contributed by atoms with E-state index in [9.17, 15) is 14.4 Å². The summed E-state index contributed by atoms with van der Waals surface area (Å²) in [6.45, 7) is 0.747. The Hall–Kier alpha value is -2.57. The molecule has 1 aromatic carbocycles. The standard InChI is InChI=1S/C16H20N2O5/c1-22-12-5-3-4-11(8-12)9-14(19)18-7-6-17-16(21)13(18)10-15(20)23-2/h3-5,8,13H,6-7,9-10H2,1-2H3,(H,17,21). The molecule has 7 heteroatoms. The molecule has 0 bridgehead atoms. The highest BCUT2D eigenvalue weighted by Crippen LogP contribution is 2.16. The van der Waals surface area contributed by atoms with E-state index >= 15 is 0 Å². The minimum atomic E-state index is -0.825. The van der Waals surface area contributed by atoms with Crippen molar-refractivity contribution >= 4 is 17.8 Å². The van der Waals surface area contributed by atoms with E-state index in [0.29, 0.717) is 18.8 Å². The summed E-state index contributed by atoms with van der Waals surface area (Å²) in [5.74, 6) is -0.397. The lowest BCUT2D eigenvalue weighted by Crippen LogP contribution is -2.58. The maximum absolute atomic E-state index is 12.5. The Morgan fingerprint density at radius 2 is 2.13 bits per heavy atom. The number of rotatable bonds is 5. The van der Waals surface area contributed by atoms with Crippen molar-refractivity contribution < 1.29 is 23.9 Å².